The van der Waals surface area contributed by atoms with Crippen LogP contribution < -0.4 is 10.6 Å². The summed E-state index contributed by atoms with van der Waals surface area (Å²) in [5.41, 5.74) is 0. The zero-order valence-corrected chi connectivity index (χ0v) is 12.7. The van der Waals surface area contributed by atoms with Gasteiger partial charge in [0.05, 0.1) is 5.92 Å². The predicted molar refractivity (Wildman–Crippen MR) is 78.7 cm³/mol. The number of hydrogen-bond acceptors (Lipinski definition) is 3. The van der Waals surface area contributed by atoms with Crippen LogP contribution in [-0.2, 0) is 14.4 Å². The number of carbonyl (C=O) groups is 3. The molecule has 0 unspecified atom stereocenters. The maximum Gasteiger partial charge on any atom is 0.306 e. The monoisotopic (exact) mass is 298 g/mol. The highest BCUT2D eigenvalue weighted by Gasteiger charge is 2.26. The van der Waals surface area contributed by atoms with Gasteiger partial charge >= 0.3 is 5.97 Å². The second-order valence-electron chi connectivity index (χ2n) is 5.75. The molecular weight excluding hydrogens is 272 g/mol. The van der Waals surface area contributed by atoms with Gasteiger partial charge in [0.2, 0.25) is 11.8 Å². The highest BCUT2D eigenvalue weighted by atomic mass is 16.4. The molecule has 0 aliphatic heterocycles. The van der Waals surface area contributed by atoms with E-state index in [1.165, 1.54) is 6.92 Å². The third kappa shape index (κ3) is 7.68. The average molecular weight is 298 g/mol. The molecule has 2 amide bonds. The molecule has 21 heavy (non-hydrogen) atoms. The summed E-state index contributed by atoms with van der Waals surface area (Å²) in [5, 5.41) is 14.6. The molecular formula is C15H26N2O4. The van der Waals surface area contributed by atoms with Gasteiger partial charge in [0.1, 0.15) is 0 Å². The molecule has 0 aromatic carbocycles. The number of carboxylic acid groups (broad SMARTS) is 1. The van der Waals surface area contributed by atoms with Crippen molar-refractivity contribution in [1.82, 2.24) is 10.6 Å². The maximum absolute atomic E-state index is 11.8. The van der Waals surface area contributed by atoms with Crippen molar-refractivity contribution in [2.75, 3.05) is 6.54 Å². The van der Waals surface area contributed by atoms with E-state index in [-0.39, 0.29) is 23.8 Å². The number of nitrogens with one attached hydrogen (secondary N) is 2. The zero-order chi connectivity index (χ0) is 15.7. The van der Waals surface area contributed by atoms with Crippen LogP contribution in [0.2, 0.25) is 0 Å². The molecule has 0 aromatic rings. The fraction of sp³-hybridized carbons (Fsp3) is 0.800. The average Bonchev–Trinajstić information content (AvgIpc) is 2.43. The molecule has 1 saturated carbocycles. The van der Waals surface area contributed by atoms with Gasteiger partial charge in [-0.05, 0) is 38.5 Å². The summed E-state index contributed by atoms with van der Waals surface area (Å²) in [4.78, 5) is 33.3. The van der Waals surface area contributed by atoms with Crippen LogP contribution in [-0.4, -0.2) is 35.5 Å². The minimum atomic E-state index is -0.723. The van der Waals surface area contributed by atoms with Gasteiger partial charge in [-0.15, -0.1) is 0 Å². The number of rotatable bonds is 8. The molecule has 6 heteroatoms. The van der Waals surface area contributed by atoms with Gasteiger partial charge < -0.3 is 15.7 Å². The van der Waals surface area contributed by atoms with Crippen LogP contribution in [0.1, 0.15) is 58.3 Å². The minimum absolute atomic E-state index is 0.0234. The SMILES string of the molecule is CC(=O)NCCCCCC(=O)NC1CCC(C(=O)O)CC1. The van der Waals surface area contributed by atoms with Crippen molar-refractivity contribution >= 4 is 17.8 Å². The van der Waals surface area contributed by atoms with E-state index in [4.69, 9.17) is 5.11 Å². The lowest BCUT2D eigenvalue weighted by Crippen LogP contribution is -2.38. The fourth-order valence-corrected chi connectivity index (χ4v) is 2.64. The van der Waals surface area contributed by atoms with E-state index >= 15 is 0 Å². The molecule has 0 spiro atoms. The smallest absolute Gasteiger partial charge is 0.306 e. The maximum atomic E-state index is 11.8. The summed E-state index contributed by atoms with van der Waals surface area (Å²) >= 11 is 0. The number of carboxylic acids is 1. The second-order valence-corrected chi connectivity index (χ2v) is 5.75. The summed E-state index contributed by atoms with van der Waals surface area (Å²) in [6.45, 7) is 2.16. The van der Waals surface area contributed by atoms with Crippen LogP contribution in [0.4, 0.5) is 0 Å². The van der Waals surface area contributed by atoms with Crippen molar-refractivity contribution in [3.63, 3.8) is 0 Å². The number of amides is 2. The fourth-order valence-electron chi connectivity index (χ4n) is 2.64. The van der Waals surface area contributed by atoms with E-state index < -0.39 is 5.97 Å². The highest BCUT2D eigenvalue weighted by molar-refractivity contribution is 5.76. The van der Waals surface area contributed by atoms with Gasteiger partial charge in [0.25, 0.3) is 0 Å². The van der Waals surface area contributed by atoms with Crippen molar-refractivity contribution in [2.24, 2.45) is 5.92 Å². The topological polar surface area (TPSA) is 95.5 Å². The Morgan fingerprint density at radius 3 is 2.29 bits per heavy atom. The summed E-state index contributed by atoms with van der Waals surface area (Å²) in [7, 11) is 0. The molecule has 120 valence electrons. The summed E-state index contributed by atoms with van der Waals surface area (Å²) in [6, 6.07) is 0.132. The van der Waals surface area contributed by atoms with E-state index in [1.807, 2.05) is 0 Å². The Hall–Kier alpha value is -1.59. The van der Waals surface area contributed by atoms with Gasteiger partial charge in [0.15, 0.2) is 0 Å². The van der Waals surface area contributed by atoms with Crippen LogP contribution >= 0.6 is 0 Å². The normalized spacial score (nSPS) is 21.6. The first kappa shape index (κ1) is 17.5. The molecule has 1 rings (SSSR count). The summed E-state index contributed by atoms with van der Waals surface area (Å²) < 4.78 is 0. The van der Waals surface area contributed by atoms with Crippen LogP contribution in [0.25, 0.3) is 0 Å². The number of carbonyl (C=O) groups excluding carboxylic acids is 2. The van der Waals surface area contributed by atoms with Gasteiger partial charge in [0, 0.05) is 25.9 Å². The van der Waals surface area contributed by atoms with E-state index in [9.17, 15) is 14.4 Å². The molecule has 3 N–H and O–H groups in total. The molecule has 0 saturated heterocycles. The minimum Gasteiger partial charge on any atom is -0.481 e. The largest absolute Gasteiger partial charge is 0.481 e. The Bertz CT molecular complexity index is 363. The van der Waals surface area contributed by atoms with E-state index in [1.54, 1.807) is 0 Å². The lowest BCUT2D eigenvalue weighted by atomic mass is 9.86. The highest BCUT2D eigenvalue weighted by Crippen LogP contribution is 2.24. The van der Waals surface area contributed by atoms with Crippen molar-refractivity contribution in [2.45, 2.75) is 64.3 Å². The Morgan fingerprint density at radius 2 is 1.71 bits per heavy atom. The van der Waals surface area contributed by atoms with Crippen LogP contribution in [0.3, 0.4) is 0 Å². The molecule has 6 nitrogen and oxygen atoms in total. The quantitative estimate of drug-likeness (QED) is 0.591. The van der Waals surface area contributed by atoms with E-state index in [0.717, 1.165) is 32.1 Å². The van der Waals surface area contributed by atoms with E-state index in [2.05, 4.69) is 10.6 Å². The van der Waals surface area contributed by atoms with Crippen LogP contribution in [0.5, 0.6) is 0 Å². The molecule has 0 heterocycles. The standard InChI is InChI=1S/C15H26N2O4/c1-11(18)16-10-4-2-3-5-14(19)17-13-8-6-12(7-9-13)15(20)21/h12-13H,2-10H2,1H3,(H,16,18)(H,17,19)(H,20,21). The number of aliphatic carboxylic acids is 1. The first-order chi connectivity index (χ1) is 9.99. The molecule has 0 bridgehead atoms. The third-order valence-electron chi connectivity index (χ3n) is 3.90. The van der Waals surface area contributed by atoms with Crippen molar-refractivity contribution < 1.29 is 19.5 Å². The van der Waals surface area contributed by atoms with Crippen LogP contribution in [0, 0.1) is 5.92 Å². The van der Waals surface area contributed by atoms with Crippen molar-refractivity contribution in [3.05, 3.63) is 0 Å². The first-order valence-corrected chi connectivity index (χ1v) is 7.75. The molecule has 0 radical (unpaired) electrons. The number of unbranched alkanes of at least 4 members (excludes halogenated alkanes) is 2. The predicted octanol–water partition coefficient (Wildman–Crippen LogP) is 1.44. The Morgan fingerprint density at radius 1 is 1.05 bits per heavy atom. The molecule has 0 atom stereocenters. The van der Waals surface area contributed by atoms with Crippen molar-refractivity contribution in [1.29, 1.82) is 0 Å². The lowest BCUT2D eigenvalue weighted by Gasteiger charge is -2.26. The third-order valence-corrected chi connectivity index (χ3v) is 3.90. The first-order valence-electron chi connectivity index (χ1n) is 7.75. The lowest BCUT2D eigenvalue weighted by molar-refractivity contribution is -0.142. The molecule has 1 aliphatic carbocycles. The number of hydrogen-bond donors (Lipinski definition) is 3. The second kappa shape index (κ2) is 9.37. The van der Waals surface area contributed by atoms with Crippen LogP contribution in [0.15, 0.2) is 0 Å². The van der Waals surface area contributed by atoms with E-state index in [0.29, 0.717) is 25.8 Å². The molecule has 1 fully saturated rings. The Kier molecular flexibility index (Phi) is 7.79. The van der Waals surface area contributed by atoms with Gasteiger partial charge in [-0.1, -0.05) is 6.42 Å². The van der Waals surface area contributed by atoms with Gasteiger partial charge in [-0.25, -0.2) is 0 Å². The van der Waals surface area contributed by atoms with Crippen molar-refractivity contribution in [3.8, 4) is 0 Å². The van der Waals surface area contributed by atoms with Gasteiger partial charge in [-0.3, -0.25) is 14.4 Å². The van der Waals surface area contributed by atoms with Gasteiger partial charge in [-0.2, -0.15) is 0 Å². The zero-order valence-electron chi connectivity index (χ0n) is 12.7. The summed E-state index contributed by atoms with van der Waals surface area (Å²) in [5.74, 6) is -0.941. The summed E-state index contributed by atoms with van der Waals surface area (Å²) in [6.07, 6.45) is 5.93. The molecule has 1 aliphatic rings. The Balaban J connectivity index is 2.04. The molecule has 0 aromatic heterocycles. The Labute approximate surface area is 125 Å².